The molecule has 0 rings (SSSR count). The molecular formula is C4H4BrF2O5S-. The molecule has 0 radical (unpaired) electrons. The van der Waals surface area contributed by atoms with Crippen LogP contribution in [0.4, 0.5) is 8.78 Å². The van der Waals surface area contributed by atoms with Crippen molar-refractivity contribution in [3.8, 4) is 0 Å². The van der Waals surface area contributed by atoms with Crippen molar-refractivity contribution in [2.45, 2.75) is 5.25 Å². The molecule has 13 heavy (non-hydrogen) atoms. The first kappa shape index (κ1) is 13.0. The lowest BCUT2D eigenvalue weighted by Gasteiger charge is -2.14. The Kier molecular flexibility index (Phi) is 6.51. The molecular weight excluding hydrogens is 278 g/mol. The zero-order chi connectivity index (χ0) is 10.3. The molecule has 0 heterocycles. The number of hydrogen-bond donors (Lipinski definition) is 0. The van der Waals surface area contributed by atoms with Gasteiger partial charge in [-0.3, -0.25) is 9.83 Å². The lowest BCUT2D eigenvalue weighted by Crippen LogP contribution is -2.23. The van der Waals surface area contributed by atoms with Gasteiger partial charge < -0.3 is 9.99 Å². The number of ether oxygens (including phenoxy) is 1. The Morgan fingerprint density at radius 2 is 2.23 bits per heavy atom. The molecule has 0 aromatic rings. The van der Waals surface area contributed by atoms with E-state index in [0.29, 0.717) is 0 Å². The van der Waals surface area contributed by atoms with E-state index in [1.54, 1.807) is 0 Å². The third kappa shape index (κ3) is 7.14. The number of esters is 1. The van der Waals surface area contributed by atoms with Gasteiger partial charge in [0.05, 0.1) is 0 Å². The van der Waals surface area contributed by atoms with E-state index < -0.39 is 29.9 Å². The zero-order valence-electron chi connectivity index (χ0n) is 6.00. The normalized spacial score (nSPS) is 11.4. The number of carbonyl (C=O) groups is 1. The highest BCUT2D eigenvalue weighted by Gasteiger charge is 2.33. The summed E-state index contributed by atoms with van der Waals surface area (Å²) in [5.41, 5.74) is 0. The fourth-order valence-corrected chi connectivity index (χ4v) is 0.687. The van der Waals surface area contributed by atoms with Gasteiger partial charge in [-0.15, -0.1) is 0 Å². The van der Waals surface area contributed by atoms with E-state index in [2.05, 4.69) is 30.0 Å². The Balaban J connectivity index is 3.67. The fourth-order valence-electron chi connectivity index (χ4n) is 0.291. The predicted octanol–water partition coefficient (Wildman–Crippen LogP) is 0.389. The van der Waals surface area contributed by atoms with E-state index in [-0.39, 0.29) is 5.33 Å². The lowest BCUT2D eigenvalue weighted by molar-refractivity contribution is -0.777. The van der Waals surface area contributed by atoms with Crippen molar-refractivity contribution in [2.24, 2.45) is 0 Å². The summed E-state index contributed by atoms with van der Waals surface area (Å²) in [4.78, 5) is 10.4. The van der Waals surface area contributed by atoms with Crippen molar-refractivity contribution >= 4 is 33.9 Å². The molecule has 0 aliphatic heterocycles. The maximum atomic E-state index is 12.4. The third-order valence-corrected chi connectivity index (χ3v) is 1.64. The number of halogens is 3. The Morgan fingerprint density at radius 3 is 2.69 bits per heavy atom. The van der Waals surface area contributed by atoms with Gasteiger partial charge in [0.1, 0.15) is 17.4 Å². The average molecular weight is 282 g/mol. The third-order valence-electron chi connectivity index (χ3n) is 0.694. The molecule has 0 aliphatic rings. The molecule has 0 N–H and O–H groups in total. The number of rotatable bonds is 6. The van der Waals surface area contributed by atoms with Crippen LogP contribution in [-0.2, 0) is 18.9 Å². The van der Waals surface area contributed by atoms with E-state index in [4.69, 9.17) is 0 Å². The molecule has 0 fully saturated rings. The summed E-state index contributed by atoms with van der Waals surface area (Å²) in [7, 11) is 0. The van der Waals surface area contributed by atoms with Gasteiger partial charge in [0.2, 0.25) is 0 Å². The fraction of sp³-hybridized carbons (Fsp3) is 0.750. The smallest absolute Gasteiger partial charge is 0.354 e. The Labute approximate surface area is 84.5 Å². The van der Waals surface area contributed by atoms with Gasteiger partial charge in [0, 0.05) is 0 Å². The predicted molar refractivity (Wildman–Crippen MR) is 39.5 cm³/mol. The van der Waals surface area contributed by atoms with Crippen LogP contribution in [0, 0.1) is 0 Å². The van der Waals surface area contributed by atoms with Crippen molar-refractivity contribution in [1.29, 1.82) is 0 Å². The van der Waals surface area contributed by atoms with E-state index in [0.717, 1.165) is 0 Å². The van der Waals surface area contributed by atoms with Crippen molar-refractivity contribution in [2.75, 3.05) is 11.9 Å². The van der Waals surface area contributed by atoms with Crippen LogP contribution >= 0.6 is 28.0 Å². The molecule has 0 saturated heterocycles. The molecule has 9 heteroatoms. The summed E-state index contributed by atoms with van der Waals surface area (Å²) >= 11 is 2.17. The van der Waals surface area contributed by atoms with E-state index in [1.807, 2.05) is 0 Å². The highest BCUT2D eigenvalue weighted by molar-refractivity contribution is 9.09. The van der Waals surface area contributed by atoms with Gasteiger partial charge in [-0.25, -0.2) is 0 Å². The monoisotopic (exact) mass is 281 g/mol. The number of alkyl halides is 3. The highest BCUT2D eigenvalue weighted by atomic mass is 79.9. The molecule has 0 amide bonds. The van der Waals surface area contributed by atoms with Crippen molar-refractivity contribution in [3.05, 3.63) is 0 Å². The van der Waals surface area contributed by atoms with Crippen LogP contribution in [0.3, 0.4) is 0 Å². The lowest BCUT2D eigenvalue weighted by atomic mass is 10.7. The van der Waals surface area contributed by atoms with Gasteiger partial charge in [-0.05, 0) is 0 Å². The molecule has 0 spiro atoms. The number of hydrogen-bond acceptors (Lipinski definition) is 6. The van der Waals surface area contributed by atoms with Gasteiger partial charge in [0.15, 0.2) is 6.61 Å². The summed E-state index contributed by atoms with van der Waals surface area (Å²) in [6.45, 7) is -1.19. The quantitative estimate of drug-likeness (QED) is 0.231. The van der Waals surface area contributed by atoms with Crippen LogP contribution in [0.1, 0.15) is 0 Å². The van der Waals surface area contributed by atoms with Crippen LogP contribution in [-0.4, -0.2) is 23.2 Å². The highest BCUT2D eigenvalue weighted by Crippen LogP contribution is 2.29. The molecule has 5 nitrogen and oxygen atoms in total. The minimum absolute atomic E-state index is 0.188. The molecule has 0 aromatic carbocycles. The van der Waals surface area contributed by atoms with Crippen molar-refractivity contribution < 1.29 is 32.9 Å². The van der Waals surface area contributed by atoms with Gasteiger partial charge in [0.25, 0.3) is 0 Å². The molecule has 78 valence electrons. The van der Waals surface area contributed by atoms with E-state index in [1.165, 1.54) is 0 Å². The number of carbonyl (C=O) groups excluding carboxylic acids is 1. The van der Waals surface area contributed by atoms with Crippen LogP contribution < -0.4 is 5.26 Å². The van der Waals surface area contributed by atoms with Crippen LogP contribution in [0.25, 0.3) is 0 Å². The summed E-state index contributed by atoms with van der Waals surface area (Å²) in [6, 6.07) is 0. The summed E-state index contributed by atoms with van der Waals surface area (Å²) in [5, 5.41) is 8.17. The largest absolute Gasteiger partial charge is 0.691 e. The minimum atomic E-state index is -3.51. The van der Waals surface area contributed by atoms with Gasteiger partial charge >= 0.3 is 11.2 Å². The Bertz CT molecular complexity index is 169. The van der Waals surface area contributed by atoms with E-state index in [9.17, 15) is 18.8 Å². The van der Waals surface area contributed by atoms with Crippen molar-refractivity contribution in [3.63, 3.8) is 0 Å². The maximum Gasteiger partial charge on any atom is 0.354 e. The molecule has 0 unspecified atom stereocenters. The second-order valence-corrected chi connectivity index (χ2v) is 3.11. The summed E-state index contributed by atoms with van der Waals surface area (Å²) < 4.78 is 32.3. The molecule has 0 atom stereocenters. The topological polar surface area (TPSA) is 67.8 Å². The Morgan fingerprint density at radius 1 is 1.62 bits per heavy atom. The maximum absolute atomic E-state index is 12.4. The Hall–Kier alpha value is 0.0400. The SMILES string of the molecule is O=C(CBr)OCC(F)(F)SOO[O-]. The van der Waals surface area contributed by atoms with Crippen LogP contribution in [0.5, 0.6) is 0 Å². The molecule has 0 saturated carbocycles. The van der Waals surface area contributed by atoms with E-state index >= 15 is 0 Å². The first-order valence-electron chi connectivity index (χ1n) is 2.75. The van der Waals surface area contributed by atoms with Crippen LogP contribution in [0.2, 0.25) is 0 Å². The molecule has 0 aliphatic carbocycles. The first-order valence-corrected chi connectivity index (χ1v) is 4.62. The van der Waals surface area contributed by atoms with Gasteiger partial charge in [-0.1, -0.05) is 15.9 Å². The summed E-state index contributed by atoms with van der Waals surface area (Å²) in [6.07, 6.45) is 0. The second-order valence-electron chi connectivity index (χ2n) is 1.65. The molecule has 0 aromatic heterocycles. The average Bonchev–Trinajstić information content (AvgIpc) is 2.11. The second kappa shape index (κ2) is 6.49. The minimum Gasteiger partial charge on any atom is -0.691 e. The van der Waals surface area contributed by atoms with Crippen LogP contribution in [0.15, 0.2) is 0 Å². The zero-order valence-corrected chi connectivity index (χ0v) is 8.40. The first-order chi connectivity index (χ1) is 6.02. The summed E-state index contributed by atoms with van der Waals surface area (Å²) in [5.74, 6) is -0.844. The molecule has 0 bridgehead atoms. The standard InChI is InChI=1S/C4H5BrF2O5S/c5-1-3(8)10-2-4(6,7)13-12-11-9/h9H,1-2H2/p-1. The van der Waals surface area contributed by atoms with Gasteiger partial charge in [-0.2, -0.15) is 13.1 Å². The van der Waals surface area contributed by atoms with Crippen molar-refractivity contribution in [1.82, 2.24) is 0 Å².